The third-order valence-corrected chi connectivity index (χ3v) is 5.38. The molecule has 144 valence electrons. The molecular weight excluding hydrogens is 376 g/mol. The fraction of sp³-hybridized carbons (Fsp3) is 0.115. The average molecular weight is 399 g/mol. The van der Waals surface area contributed by atoms with Gasteiger partial charge in [0.25, 0.3) is 0 Å². The van der Waals surface area contributed by atoms with E-state index in [0.717, 1.165) is 28.1 Å². The molecular formula is C26H23ClN2. The van der Waals surface area contributed by atoms with Gasteiger partial charge in [-0.3, -0.25) is 4.68 Å². The largest absolute Gasteiger partial charge is 0.258 e. The number of nitrogens with zero attached hydrogens (tertiary/aromatic N) is 2. The maximum Gasteiger partial charge on any atom is 0.112 e. The van der Waals surface area contributed by atoms with Crippen molar-refractivity contribution in [1.29, 1.82) is 0 Å². The van der Waals surface area contributed by atoms with Gasteiger partial charge >= 0.3 is 0 Å². The molecule has 0 radical (unpaired) electrons. The molecule has 4 aromatic rings. The van der Waals surface area contributed by atoms with Gasteiger partial charge in [0.1, 0.15) is 5.69 Å². The van der Waals surface area contributed by atoms with E-state index in [1.54, 1.807) is 0 Å². The van der Waals surface area contributed by atoms with Gasteiger partial charge in [-0.05, 0) is 37.1 Å². The standard InChI is InChI=1S/C26H23ClN2/c1-4-20-11-13-21(14-12-20)17-29-26(23-10-6-8-19(3)16-23)24(27)25(28-29)22-9-5-7-18(2)15-22/h4-16H,1,17H2,2-3H3. The highest BCUT2D eigenvalue weighted by Crippen LogP contribution is 2.37. The minimum absolute atomic E-state index is 0.645. The quantitative estimate of drug-likeness (QED) is 0.348. The third kappa shape index (κ3) is 4.03. The Labute approximate surface area is 177 Å². The summed E-state index contributed by atoms with van der Waals surface area (Å²) < 4.78 is 2.01. The van der Waals surface area contributed by atoms with E-state index in [4.69, 9.17) is 16.7 Å². The van der Waals surface area contributed by atoms with Gasteiger partial charge in [-0.25, -0.2) is 0 Å². The van der Waals surface area contributed by atoms with Crippen molar-refractivity contribution in [2.45, 2.75) is 20.4 Å². The first-order valence-corrected chi connectivity index (χ1v) is 10.0. The van der Waals surface area contributed by atoms with Crippen molar-refractivity contribution < 1.29 is 0 Å². The van der Waals surface area contributed by atoms with Crippen LogP contribution in [0, 0.1) is 13.8 Å². The number of halogens is 1. The molecule has 0 saturated carbocycles. The average Bonchev–Trinajstić information content (AvgIpc) is 3.04. The van der Waals surface area contributed by atoms with E-state index in [0.29, 0.717) is 11.6 Å². The molecule has 0 N–H and O–H groups in total. The lowest BCUT2D eigenvalue weighted by atomic mass is 10.1. The van der Waals surface area contributed by atoms with Crippen molar-refractivity contribution in [3.8, 4) is 22.5 Å². The van der Waals surface area contributed by atoms with Crippen LogP contribution in [0.5, 0.6) is 0 Å². The topological polar surface area (TPSA) is 17.8 Å². The molecule has 0 atom stereocenters. The first-order valence-electron chi connectivity index (χ1n) is 9.67. The molecule has 0 amide bonds. The van der Waals surface area contributed by atoms with Crippen LogP contribution in [-0.4, -0.2) is 9.78 Å². The van der Waals surface area contributed by atoms with Gasteiger partial charge in [0, 0.05) is 11.1 Å². The molecule has 0 fully saturated rings. The molecule has 0 aliphatic rings. The van der Waals surface area contributed by atoms with Gasteiger partial charge in [0.05, 0.1) is 17.3 Å². The van der Waals surface area contributed by atoms with Crippen molar-refractivity contribution >= 4 is 17.7 Å². The zero-order chi connectivity index (χ0) is 20.4. The van der Waals surface area contributed by atoms with Crippen molar-refractivity contribution in [2.75, 3.05) is 0 Å². The summed E-state index contributed by atoms with van der Waals surface area (Å²) in [7, 11) is 0. The minimum atomic E-state index is 0.645. The van der Waals surface area contributed by atoms with Crippen LogP contribution in [0.15, 0.2) is 79.4 Å². The van der Waals surface area contributed by atoms with Gasteiger partial charge < -0.3 is 0 Å². The first-order chi connectivity index (χ1) is 14.0. The van der Waals surface area contributed by atoms with E-state index in [-0.39, 0.29) is 0 Å². The molecule has 0 bridgehead atoms. The summed E-state index contributed by atoms with van der Waals surface area (Å²) in [5.41, 5.74) is 8.51. The summed E-state index contributed by atoms with van der Waals surface area (Å²) in [5.74, 6) is 0. The lowest BCUT2D eigenvalue weighted by Crippen LogP contribution is -2.04. The normalized spacial score (nSPS) is 10.9. The van der Waals surface area contributed by atoms with Gasteiger partial charge in [0.15, 0.2) is 0 Å². The zero-order valence-corrected chi connectivity index (χ0v) is 17.4. The molecule has 0 aliphatic carbocycles. The molecule has 0 aliphatic heterocycles. The fourth-order valence-corrected chi connectivity index (χ4v) is 3.89. The van der Waals surface area contributed by atoms with Crippen LogP contribution in [0.4, 0.5) is 0 Å². The molecule has 0 saturated heterocycles. The Balaban J connectivity index is 1.85. The molecule has 0 spiro atoms. The Morgan fingerprint density at radius 2 is 1.52 bits per heavy atom. The van der Waals surface area contributed by atoms with Gasteiger partial charge in [-0.2, -0.15) is 5.10 Å². The minimum Gasteiger partial charge on any atom is -0.258 e. The number of hydrogen-bond acceptors (Lipinski definition) is 1. The summed E-state index contributed by atoms with van der Waals surface area (Å²) in [5, 5.41) is 5.61. The number of aromatic nitrogens is 2. The fourth-order valence-electron chi connectivity index (χ4n) is 3.53. The van der Waals surface area contributed by atoms with Gasteiger partial charge in [-0.1, -0.05) is 96.0 Å². The summed E-state index contributed by atoms with van der Waals surface area (Å²) in [4.78, 5) is 0. The van der Waals surface area contributed by atoms with E-state index < -0.39 is 0 Å². The second-order valence-corrected chi connectivity index (χ2v) is 7.73. The van der Waals surface area contributed by atoms with Crippen molar-refractivity contribution in [1.82, 2.24) is 9.78 Å². The van der Waals surface area contributed by atoms with Gasteiger partial charge in [-0.15, -0.1) is 0 Å². The Bertz CT molecular complexity index is 1170. The van der Waals surface area contributed by atoms with E-state index in [9.17, 15) is 0 Å². The van der Waals surface area contributed by atoms with Gasteiger partial charge in [0.2, 0.25) is 0 Å². The summed E-state index contributed by atoms with van der Waals surface area (Å²) in [6.07, 6.45) is 1.85. The predicted molar refractivity (Wildman–Crippen MR) is 123 cm³/mol. The molecule has 3 aromatic carbocycles. The molecule has 3 heteroatoms. The maximum atomic E-state index is 6.92. The van der Waals surface area contributed by atoms with Crippen LogP contribution in [0.3, 0.4) is 0 Å². The number of benzene rings is 3. The Morgan fingerprint density at radius 3 is 2.14 bits per heavy atom. The lowest BCUT2D eigenvalue weighted by Gasteiger charge is -2.09. The highest BCUT2D eigenvalue weighted by Gasteiger charge is 2.19. The Morgan fingerprint density at radius 1 is 0.897 bits per heavy atom. The van der Waals surface area contributed by atoms with E-state index in [2.05, 4.69) is 87.2 Å². The van der Waals surface area contributed by atoms with Crippen LogP contribution in [-0.2, 0) is 6.54 Å². The van der Waals surface area contributed by atoms with Crippen LogP contribution in [0.25, 0.3) is 28.6 Å². The summed E-state index contributed by atoms with van der Waals surface area (Å²) in [6, 6.07) is 25.1. The van der Waals surface area contributed by atoms with Crippen molar-refractivity contribution in [3.63, 3.8) is 0 Å². The molecule has 2 nitrogen and oxygen atoms in total. The second kappa shape index (κ2) is 8.10. The van der Waals surface area contributed by atoms with Crippen LogP contribution >= 0.6 is 11.6 Å². The third-order valence-electron chi connectivity index (χ3n) is 5.03. The van der Waals surface area contributed by atoms with Crippen LogP contribution in [0.2, 0.25) is 5.02 Å². The van der Waals surface area contributed by atoms with Crippen molar-refractivity contribution in [3.05, 3.63) is 107 Å². The maximum absolute atomic E-state index is 6.92. The Kier molecular flexibility index (Phi) is 5.37. The number of aryl methyl sites for hydroxylation is 2. The molecule has 1 heterocycles. The zero-order valence-electron chi connectivity index (χ0n) is 16.7. The molecule has 29 heavy (non-hydrogen) atoms. The summed E-state index contributed by atoms with van der Waals surface area (Å²) >= 11 is 6.92. The summed E-state index contributed by atoms with van der Waals surface area (Å²) in [6.45, 7) is 8.64. The lowest BCUT2D eigenvalue weighted by molar-refractivity contribution is 0.697. The SMILES string of the molecule is C=Cc1ccc(Cn2nc(-c3cccc(C)c3)c(Cl)c2-c2cccc(C)c2)cc1. The van der Waals surface area contributed by atoms with E-state index >= 15 is 0 Å². The number of rotatable bonds is 5. The van der Waals surface area contributed by atoms with E-state index in [1.807, 2.05) is 16.8 Å². The molecule has 0 unspecified atom stereocenters. The van der Waals surface area contributed by atoms with E-state index in [1.165, 1.54) is 16.7 Å². The molecule has 1 aromatic heterocycles. The number of hydrogen-bond donors (Lipinski definition) is 0. The van der Waals surface area contributed by atoms with Crippen LogP contribution < -0.4 is 0 Å². The predicted octanol–water partition coefficient (Wildman–Crippen LogP) is 7.18. The highest BCUT2D eigenvalue weighted by atomic mass is 35.5. The second-order valence-electron chi connectivity index (χ2n) is 7.35. The highest BCUT2D eigenvalue weighted by molar-refractivity contribution is 6.35. The first kappa shape index (κ1) is 19.2. The van der Waals surface area contributed by atoms with Crippen molar-refractivity contribution in [2.24, 2.45) is 0 Å². The smallest absolute Gasteiger partial charge is 0.112 e. The van der Waals surface area contributed by atoms with Crippen LogP contribution in [0.1, 0.15) is 22.3 Å². The Hall–Kier alpha value is -3.10. The monoisotopic (exact) mass is 398 g/mol. The molecule has 4 rings (SSSR count).